The minimum atomic E-state index is -0.561. The zero-order valence-corrected chi connectivity index (χ0v) is 13.1. The number of benzene rings is 2. The third-order valence-corrected chi connectivity index (χ3v) is 3.65. The first-order chi connectivity index (χ1) is 12.2. The van der Waals surface area contributed by atoms with Gasteiger partial charge in [-0.15, -0.1) is 0 Å². The first kappa shape index (κ1) is 16.4. The Kier molecular flexibility index (Phi) is 4.82. The number of anilines is 1. The topological polar surface area (TPSA) is 91.3 Å². The minimum Gasteiger partial charge on any atom is -0.321 e. The number of pyridine rings is 1. The van der Waals surface area contributed by atoms with Crippen LogP contribution in [0.25, 0.3) is 11.1 Å². The molecule has 1 aromatic heterocycles. The van der Waals surface area contributed by atoms with Crippen LogP contribution in [0, 0.1) is 0 Å². The molecule has 6 nitrogen and oxygen atoms in total. The van der Waals surface area contributed by atoms with E-state index < -0.39 is 5.91 Å². The lowest BCUT2D eigenvalue weighted by Crippen LogP contribution is -2.18. The highest BCUT2D eigenvalue weighted by Crippen LogP contribution is 2.21. The molecule has 0 bridgehead atoms. The molecule has 3 aromatic rings. The molecule has 0 radical (unpaired) electrons. The van der Waals surface area contributed by atoms with E-state index in [-0.39, 0.29) is 5.91 Å². The van der Waals surface area contributed by atoms with Crippen molar-refractivity contribution in [3.63, 3.8) is 0 Å². The predicted molar refractivity (Wildman–Crippen MR) is 93.3 cm³/mol. The first-order valence-corrected chi connectivity index (χ1v) is 7.54. The Balaban J connectivity index is 1.73. The fourth-order valence-electron chi connectivity index (χ4n) is 2.33. The van der Waals surface area contributed by atoms with Crippen molar-refractivity contribution in [1.82, 2.24) is 10.5 Å². The second-order valence-corrected chi connectivity index (χ2v) is 5.29. The van der Waals surface area contributed by atoms with Crippen molar-refractivity contribution in [3.8, 4) is 11.1 Å². The van der Waals surface area contributed by atoms with Crippen molar-refractivity contribution in [2.45, 2.75) is 0 Å². The summed E-state index contributed by atoms with van der Waals surface area (Å²) >= 11 is 0. The van der Waals surface area contributed by atoms with E-state index in [1.165, 1.54) is 0 Å². The average Bonchev–Trinajstić information content (AvgIpc) is 2.68. The van der Waals surface area contributed by atoms with Gasteiger partial charge in [-0.25, -0.2) is 5.48 Å². The van der Waals surface area contributed by atoms with Crippen LogP contribution in [-0.4, -0.2) is 22.0 Å². The molecule has 2 amide bonds. The molecular weight excluding hydrogens is 318 g/mol. The molecule has 0 fully saturated rings. The molecular formula is C19H15N3O3. The van der Waals surface area contributed by atoms with E-state index in [9.17, 15) is 9.59 Å². The summed E-state index contributed by atoms with van der Waals surface area (Å²) in [7, 11) is 0. The molecule has 3 rings (SSSR count). The summed E-state index contributed by atoms with van der Waals surface area (Å²) < 4.78 is 0. The molecule has 0 unspecified atom stereocenters. The molecule has 0 aliphatic heterocycles. The Morgan fingerprint density at radius 3 is 1.84 bits per heavy atom. The normalized spacial score (nSPS) is 10.1. The van der Waals surface area contributed by atoms with Gasteiger partial charge in [-0.3, -0.25) is 19.8 Å². The van der Waals surface area contributed by atoms with Crippen LogP contribution in [0.5, 0.6) is 0 Å². The van der Waals surface area contributed by atoms with Gasteiger partial charge < -0.3 is 5.32 Å². The molecule has 2 aromatic carbocycles. The van der Waals surface area contributed by atoms with Gasteiger partial charge in [0.05, 0.1) is 11.9 Å². The van der Waals surface area contributed by atoms with Crippen LogP contribution in [0.15, 0.2) is 73.1 Å². The number of amides is 2. The molecule has 0 saturated heterocycles. The number of nitrogens with zero attached hydrogens (tertiary/aromatic N) is 1. The quantitative estimate of drug-likeness (QED) is 0.505. The maximum absolute atomic E-state index is 12.2. The van der Waals surface area contributed by atoms with Crippen molar-refractivity contribution < 1.29 is 14.8 Å². The van der Waals surface area contributed by atoms with Gasteiger partial charge in [0.25, 0.3) is 11.8 Å². The van der Waals surface area contributed by atoms with Crippen molar-refractivity contribution in [3.05, 3.63) is 84.2 Å². The second-order valence-electron chi connectivity index (χ2n) is 5.29. The number of aromatic nitrogens is 1. The zero-order chi connectivity index (χ0) is 17.6. The third-order valence-electron chi connectivity index (χ3n) is 3.65. The maximum Gasteiger partial charge on any atom is 0.274 e. The first-order valence-electron chi connectivity index (χ1n) is 7.54. The Morgan fingerprint density at radius 1 is 0.800 bits per heavy atom. The molecule has 0 spiro atoms. The van der Waals surface area contributed by atoms with Gasteiger partial charge in [-0.05, 0) is 47.5 Å². The van der Waals surface area contributed by atoms with E-state index >= 15 is 0 Å². The summed E-state index contributed by atoms with van der Waals surface area (Å²) in [4.78, 5) is 27.5. The molecule has 6 heteroatoms. The standard InChI is InChI=1S/C19H15N3O3/c23-18(21-17-2-1-11-20-12-17)15-7-3-13(4-8-15)14-5-9-16(10-6-14)19(24)22-25/h1-12,25H,(H,21,23)(H,22,24). The SMILES string of the molecule is O=C(NO)c1ccc(-c2ccc(C(=O)Nc3cccnc3)cc2)cc1. The summed E-state index contributed by atoms with van der Waals surface area (Å²) in [5, 5.41) is 11.4. The van der Waals surface area contributed by atoms with Crippen LogP contribution in [0.3, 0.4) is 0 Å². The summed E-state index contributed by atoms with van der Waals surface area (Å²) in [6, 6.07) is 17.4. The molecule has 25 heavy (non-hydrogen) atoms. The summed E-state index contributed by atoms with van der Waals surface area (Å²) in [6.45, 7) is 0. The van der Waals surface area contributed by atoms with Crippen LogP contribution in [-0.2, 0) is 0 Å². The largest absolute Gasteiger partial charge is 0.321 e. The van der Waals surface area contributed by atoms with E-state index in [4.69, 9.17) is 5.21 Å². The van der Waals surface area contributed by atoms with E-state index in [1.807, 2.05) is 12.1 Å². The van der Waals surface area contributed by atoms with Gasteiger partial charge >= 0.3 is 0 Å². The van der Waals surface area contributed by atoms with Gasteiger partial charge in [-0.1, -0.05) is 24.3 Å². The molecule has 1 heterocycles. The van der Waals surface area contributed by atoms with Crippen LogP contribution in [0.4, 0.5) is 5.69 Å². The van der Waals surface area contributed by atoms with Crippen LogP contribution in [0.1, 0.15) is 20.7 Å². The highest BCUT2D eigenvalue weighted by molar-refractivity contribution is 6.04. The lowest BCUT2D eigenvalue weighted by atomic mass is 10.0. The zero-order valence-electron chi connectivity index (χ0n) is 13.1. The Bertz CT molecular complexity index is 876. The maximum atomic E-state index is 12.2. The molecule has 3 N–H and O–H groups in total. The highest BCUT2D eigenvalue weighted by Gasteiger charge is 2.08. The van der Waals surface area contributed by atoms with Gasteiger partial charge in [0.2, 0.25) is 0 Å². The van der Waals surface area contributed by atoms with E-state index in [1.54, 1.807) is 66.4 Å². The second kappa shape index (κ2) is 7.37. The fraction of sp³-hybridized carbons (Fsp3) is 0. The number of hydroxylamine groups is 1. The molecule has 0 atom stereocenters. The summed E-state index contributed by atoms with van der Waals surface area (Å²) in [6.07, 6.45) is 3.22. The van der Waals surface area contributed by atoms with Crippen LogP contribution >= 0.6 is 0 Å². The monoisotopic (exact) mass is 333 g/mol. The van der Waals surface area contributed by atoms with Gasteiger partial charge in [0.1, 0.15) is 0 Å². The number of carbonyl (C=O) groups excluding carboxylic acids is 2. The fourth-order valence-corrected chi connectivity index (χ4v) is 2.33. The Hall–Kier alpha value is -3.51. The average molecular weight is 333 g/mol. The lowest BCUT2D eigenvalue weighted by molar-refractivity contribution is 0.0706. The molecule has 124 valence electrons. The van der Waals surface area contributed by atoms with E-state index in [0.717, 1.165) is 11.1 Å². The number of carbonyl (C=O) groups is 2. The molecule has 0 aliphatic carbocycles. The van der Waals surface area contributed by atoms with E-state index in [0.29, 0.717) is 16.8 Å². The van der Waals surface area contributed by atoms with Crippen molar-refractivity contribution in [2.75, 3.05) is 5.32 Å². The molecule has 0 aliphatic rings. The van der Waals surface area contributed by atoms with Crippen molar-refractivity contribution in [2.24, 2.45) is 0 Å². The van der Waals surface area contributed by atoms with Crippen molar-refractivity contribution in [1.29, 1.82) is 0 Å². The minimum absolute atomic E-state index is 0.213. The smallest absolute Gasteiger partial charge is 0.274 e. The van der Waals surface area contributed by atoms with E-state index in [2.05, 4.69) is 10.3 Å². The number of hydrogen-bond donors (Lipinski definition) is 3. The van der Waals surface area contributed by atoms with Crippen LogP contribution in [0.2, 0.25) is 0 Å². The van der Waals surface area contributed by atoms with Gasteiger partial charge in [0, 0.05) is 17.3 Å². The predicted octanol–water partition coefficient (Wildman–Crippen LogP) is 3.12. The van der Waals surface area contributed by atoms with Gasteiger partial charge in [-0.2, -0.15) is 0 Å². The third kappa shape index (κ3) is 3.88. The Morgan fingerprint density at radius 2 is 1.36 bits per heavy atom. The molecule has 0 saturated carbocycles. The summed E-state index contributed by atoms with van der Waals surface area (Å²) in [5.41, 5.74) is 4.93. The number of hydrogen-bond acceptors (Lipinski definition) is 4. The van der Waals surface area contributed by atoms with Crippen molar-refractivity contribution >= 4 is 17.5 Å². The van der Waals surface area contributed by atoms with Gasteiger partial charge in [0.15, 0.2) is 0 Å². The summed E-state index contributed by atoms with van der Waals surface area (Å²) in [5.74, 6) is -0.775. The number of rotatable bonds is 4. The Labute approximate surface area is 144 Å². The number of nitrogens with one attached hydrogen (secondary N) is 2. The lowest BCUT2D eigenvalue weighted by Gasteiger charge is -2.07. The van der Waals surface area contributed by atoms with Crippen LogP contribution < -0.4 is 10.8 Å². The highest BCUT2D eigenvalue weighted by atomic mass is 16.5.